The summed E-state index contributed by atoms with van der Waals surface area (Å²) < 4.78 is 133. The third kappa shape index (κ3) is 7.33. The van der Waals surface area contributed by atoms with Crippen LogP contribution in [0.4, 0.5) is 22.7 Å². The maximum Gasteiger partial charge on any atom is 0.503 e. The summed E-state index contributed by atoms with van der Waals surface area (Å²) in [5.74, 6) is 1.74. The Balaban J connectivity index is 1.23. The summed E-state index contributed by atoms with van der Waals surface area (Å²) in [6, 6.07) is 27.0. The minimum atomic E-state index is -3.01. The molecule has 1 aliphatic heterocycles. The van der Waals surface area contributed by atoms with Gasteiger partial charge in [0.25, 0.3) is 11.4 Å². The van der Waals surface area contributed by atoms with Gasteiger partial charge in [0.1, 0.15) is 17.3 Å². The van der Waals surface area contributed by atoms with E-state index in [1.807, 2.05) is 73.1 Å². The first-order chi connectivity index (χ1) is 36.1. The number of hydrogen-bond donors (Lipinski definition) is 0. The Labute approximate surface area is 389 Å². The molecule has 1 aliphatic rings. The second-order valence-electron chi connectivity index (χ2n) is 17.6. The molecule has 308 valence electrons. The Kier molecular flexibility index (Phi) is 6.47. The van der Waals surface area contributed by atoms with E-state index >= 15 is 0 Å². The van der Waals surface area contributed by atoms with Crippen LogP contribution < -0.4 is 13.9 Å². The minimum absolute atomic E-state index is 0.00566. The van der Waals surface area contributed by atoms with E-state index in [-0.39, 0.29) is 33.4 Å². The molecule has 0 bridgehead atoms. The zero-order valence-corrected chi connectivity index (χ0v) is 35.6. The second-order valence-corrected chi connectivity index (χ2v) is 17.6. The molecule has 0 radical (unpaired) electrons. The molecule has 0 aliphatic carbocycles. The number of para-hydroxylation sites is 3. The average molecular weight is 836 g/mol. The molecule has 0 spiro atoms. The molecular weight excluding hydrogens is 771 g/mol. The van der Waals surface area contributed by atoms with Crippen molar-refractivity contribution in [3.63, 3.8) is 0 Å². The fraction of sp³-hybridized carbons (Fsp3) is 0.175. The van der Waals surface area contributed by atoms with Crippen LogP contribution in [0.3, 0.4) is 0 Å². The molecule has 3 aromatic heterocycles. The average Bonchev–Trinajstić information content (AvgIpc) is 3.90. The molecule has 0 N–H and O–H groups in total. The highest BCUT2D eigenvalue weighted by atomic mass is 16.5. The van der Waals surface area contributed by atoms with Gasteiger partial charge in [-0.2, -0.15) is 0 Å². The van der Waals surface area contributed by atoms with Crippen LogP contribution in [0.5, 0.6) is 11.5 Å². The molecule has 0 amide bonds. The number of hydrogen-bond acceptors (Lipinski definition) is 3. The number of pyridine rings is 2. The predicted molar refractivity (Wildman–Crippen MR) is 261 cm³/mol. The van der Waals surface area contributed by atoms with Gasteiger partial charge < -0.3 is 4.74 Å². The quantitative estimate of drug-likeness (QED) is 0.150. The number of fused-ring (bicyclic) bond motifs is 4. The van der Waals surface area contributed by atoms with Crippen LogP contribution in [0.2, 0.25) is 0 Å². The lowest BCUT2D eigenvalue weighted by Gasteiger charge is -2.20. The van der Waals surface area contributed by atoms with Crippen LogP contribution in [0.1, 0.15) is 83.0 Å². The molecule has 0 saturated heterocycles. The first-order valence-electron chi connectivity index (χ1n) is 27.6. The lowest BCUT2D eigenvalue weighted by Crippen LogP contribution is -2.12. The predicted octanol–water partition coefficient (Wildman–Crippen LogP) is 14.8. The normalized spacial score (nSPS) is 16.3. The van der Waals surface area contributed by atoms with E-state index in [1.54, 1.807) is 27.5 Å². The zero-order valence-electron chi connectivity index (χ0n) is 49.6. The number of aromatic nitrogens is 3. The van der Waals surface area contributed by atoms with Crippen LogP contribution in [-0.4, -0.2) is 20.5 Å². The molecule has 4 heterocycles. The summed E-state index contributed by atoms with van der Waals surface area (Å²) in [5.41, 5.74) is 2.62. The van der Waals surface area contributed by atoms with Gasteiger partial charge in [0.15, 0.2) is 0 Å². The highest BCUT2D eigenvalue weighted by molar-refractivity contribution is 6.09. The summed E-state index contributed by atoms with van der Waals surface area (Å²) >= 11 is 0. The Bertz CT molecular complexity index is 3890. The molecule has 0 fully saturated rings. The van der Waals surface area contributed by atoms with Crippen molar-refractivity contribution >= 4 is 50.6 Å². The van der Waals surface area contributed by atoms with Crippen molar-refractivity contribution < 1.29 is 23.9 Å². The minimum Gasteiger partial charge on any atom is -0.457 e. The van der Waals surface area contributed by atoms with Crippen molar-refractivity contribution in [2.24, 2.45) is 0 Å². The summed E-state index contributed by atoms with van der Waals surface area (Å²) in [4.78, 5) is 9.28. The fourth-order valence-corrected chi connectivity index (χ4v) is 8.00. The monoisotopic (exact) mass is 835 g/mol. The molecule has 0 atom stereocenters. The first-order valence-corrected chi connectivity index (χ1v) is 20.6. The topological polar surface area (TPSA) is 46.0 Å². The number of rotatable bonds is 7. The number of benzene rings is 6. The van der Waals surface area contributed by atoms with Crippen molar-refractivity contribution in [1.82, 2.24) is 23.7 Å². The van der Waals surface area contributed by atoms with Crippen molar-refractivity contribution in [3.8, 4) is 39.6 Å². The molecular formula is C57H51N5O+2. The number of nitrogens with zero attached hydrogens (tertiary/aromatic N) is 5. The van der Waals surface area contributed by atoms with Crippen LogP contribution in [0, 0.1) is 13.7 Å². The maximum absolute atomic E-state index is 9.25. The number of ether oxygens (including phenoxy) is 1. The Morgan fingerprint density at radius 2 is 1.27 bits per heavy atom. The summed E-state index contributed by atoms with van der Waals surface area (Å²) in [6.45, 7) is 6.65. The summed E-state index contributed by atoms with van der Waals surface area (Å²) in [5, 5.41) is 1.89. The maximum atomic E-state index is 9.25. The molecule has 6 heteroatoms. The van der Waals surface area contributed by atoms with E-state index in [2.05, 4.69) is 63.2 Å². The van der Waals surface area contributed by atoms with Crippen molar-refractivity contribution in [3.05, 3.63) is 186 Å². The molecule has 63 heavy (non-hydrogen) atoms. The molecule has 9 aromatic rings. The Hall–Kier alpha value is -7.40. The van der Waals surface area contributed by atoms with E-state index in [0.29, 0.717) is 28.6 Å². The third-order valence-electron chi connectivity index (χ3n) is 11.2. The SMILES string of the molecule is [2H]c1c([2H])c(C([2H])([2H])[2H])c([2H])c([2H])c1-c1cccc(-c2c([2H])c([2H])c(C([2H])([2H])[2H])c([2H])c2[2H])c1[N+]1=C=[N+](c2cc(Oc3ccc4c5cnccc5n(-c5cc(C(C)(C)C)ccn5)c4c3)cc(C(C)(C)C)c2)c2ccccc21. The largest absolute Gasteiger partial charge is 0.503 e. The standard InChI is InChI=1S/C57H51N5O/c1-37-16-20-39(21-17-37)46-12-11-13-47(40-22-18-38(2)19-23-40)55(46)61-36-60(51-14-9-10-15-52(51)61)43-30-42(57(6,7)8)31-45(33-43)63-44-24-25-48-49-35-58-28-27-50(49)62(53(48)34-44)54-32-41(26-29-59-54)56(3,4)5/h9-35H,1-8H3/q+2/i1D3,2D3,16D,17D,18D,19D,20D,21D,22D,23D. The van der Waals surface area contributed by atoms with Gasteiger partial charge in [-0.05, 0) is 104 Å². The van der Waals surface area contributed by atoms with Crippen LogP contribution >= 0.6 is 0 Å². The molecule has 6 nitrogen and oxygen atoms in total. The van der Waals surface area contributed by atoms with Gasteiger partial charge in [-0.25, -0.2) is 4.98 Å². The Morgan fingerprint density at radius 3 is 1.92 bits per heavy atom. The van der Waals surface area contributed by atoms with Crippen molar-refractivity contribution in [1.29, 1.82) is 0 Å². The van der Waals surface area contributed by atoms with Gasteiger partial charge >= 0.3 is 6.01 Å². The second kappa shape index (κ2) is 15.2. The third-order valence-corrected chi connectivity index (χ3v) is 11.2. The fourth-order valence-electron chi connectivity index (χ4n) is 8.00. The van der Waals surface area contributed by atoms with E-state index in [4.69, 9.17) is 23.4 Å². The lowest BCUT2D eigenvalue weighted by atomic mass is 9.86. The van der Waals surface area contributed by atoms with Crippen LogP contribution in [0.15, 0.2) is 164 Å². The summed E-state index contributed by atoms with van der Waals surface area (Å²) in [6.07, 6.45) is 5.41. The zero-order chi connectivity index (χ0) is 55.6. The Morgan fingerprint density at radius 1 is 0.603 bits per heavy atom. The van der Waals surface area contributed by atoms with Gasteiger partial charge in [0.2, 0.25) is 11.4 Å². The van der Waals surface area contributed by atoms with E-state index in [1.165, 1.54) is 18.2 Å². The van der Waals surface area contributed by atoms with Gasteiger partial charge in [0.05, 0.1) is 39.2 Å². The van der Waals surface area contributed by atoms with E-state index in [0.717, 1.165) is 38.8 Å². The van der Waals surface area contributed by atoms with Crippen LogP contribution in [-0.2, 0) is 10.8 Å². The molecule has 0 unspecified atom stereocenters. The van der Waals surface area contributed by atoms with Gasteiger partial charge in [-0.3, -0.25) is 9.55 Å². The highest BCUT2D eigenvalue weighted by Crippen LogP contribution is 2.45. The summed E-state index contributed by atoms with van der Waals surface area (Å²) in [7, 11) is 0. The molecule has 6 aromatic carbocycles. The first kappa shape index (κ1) is 26.8. The van der Waals surface area contributed by atoms with E-state index < -0.39 is 78.6 Å². The van der Waals surface area contributed by atoms with Crippen molar-refractivity contribution in [2.75, 3.05) is 0 Å². The highest BCUT2D eigenvalue weighted by Gasteiger charge is 2.39. The smallest absolute Gasteiger partial charge is 0.457 e. The van der Waals surface area contributed by atoms with Gasteiger partial charge in [-0.15, -0.1) is 0 Å². The van der Waals surface area contributed by atoms with Crippen molar-refractivity contribution in [2.45, 2.75) is 66.1 Å². The molecule has 10 rings (SSSR count). The lowest BCUT2D eigenvalue weighted by molar-refractivity contribution is 0.479. The molecule has 0 saturated carbocycles. The van der Waals surface area contributed by atoms with Crippen LogP contribution in [0.25, 0.3) is 49.9 Å². The van der Waals surface area contributed by atoms with Gasteiger partial charge in [-0.1, -0.05) is 119 Å². The van der Waals surface area contributed by atoms with Gasteiger partial charge in [0, 0.05) is 61.9 Å². The van der Waals surface area contributed by atoms with E-state index in [9.17, 15) is 5.48 Å².